The summed E-state index contributed by atoms with van der Waals surface area (Å²) in [5.41, 5.74) is 1.97. The molecule has 3 aromatic rings. The number of ether oxygens (including phenoxy) is 1. The van der Waals surface area contributed by atoms with Crippen molar-refractivity contribution >= 4 is 21.5 Å². The van der Waals surface area contributed by atoms with E-state index in [1.54, 1.807) is 42.1 Å². The van der Waals surface area contributed by atoms with Crippen LogP contribution in [-0.2, 0) is 28.7 Å². The second-order valence-electron chi connectivity index (χ2n) is 10.9. The van der Waals surface area contributed by atoms with Crippen LogP contribution in [0, 0.1) is 5.82 Å². The van der Waals surface area contributed by atoms with E-state index in [1.807, 2.05) is 32.9 Å². The monoisotopic (exact) mass is 528 g/mol. The molecule has 2 aromatic carbocycles. The number of benzene rings is 2. The van der Waals surface area contributed by atoms with Gasteiger partial charge in [0.15, 0.2) is 11.6 Å². The highest BCUT2D eigenvalue weighted by atomic mass is 32.2. The van der Waals surface area contributed by atoms with Crippen LogP contribution in [0.3, 0.4) is 0 Å². The van der Waals surface area contributed by atoms with Crippen molar-refractivity contribution in [1.29, 1.82) is 0 Å². The topological polar surface area (TPSA) is 96.7 Å². The van der Waals surface area contributed by atoms with Crippen molar-refractivity contribution < 1.29 is 22.7 Å². The second kappa shape index (κ2) is 9.41. The molecular formula is C27H33FN4O4S. The molecule has 0 unspecified atom stereocenters. The summed E-state index contributed by atoms with van der Waals surface area (Å²) in [5.74, 6) is 0.389. The van der Waals surface area contributed by atoms with Gasteiger partial charge in [-0.3, -0.25) is 0 Å². The number of aliphatic hydroxyl groups is 1. The molecule has 1 aromatic heterocycles. The first kappa shape index (κ1) is 25.7. The number of hydrogen-bond acceptors (Lipinski definition) is 6. The SMILES string of the molecule is COc1ccc(CN2Cc3cc(Nc4c(F)c([C@H]5CC[C@@H](O)C5)nn4C(C)(C)C)ccc3S2(=O)=O)cc1. The van der Waals surface area contributed by atoms with Crippen molar-refractivity contribution in [2.45, 2.75) is 75.6 Å². The van der Waals surface area contributed by atoms with Gasteiger partial charge in [-0.25, -0.2) is 17.5 Å². The van der Waals surface area contributed by atoms with E-state index in [1.165, 1.54) is 4.31 Å². The van der Waals surface area contributed by atoms with Crippen LogP contribution >= 0.6 is 0 Å². The van der Waals surface area contributed by atoms with Crippen LogP contribution in [-0.4, -0.2) is 40.8 Å². The fourth-order valence-electron chi connectivity index (χ4n) is 5.13. The largest absolute Gasteiger partial charge is 0.497 e. The summed E-state index contributed by atoms with van der Waals surface area (Å²) in [4.78, 5) is 0.261. The zero-order valence-corrected chi connectivity index (χ0v) is 22.3. The molecule has 1 saturated carbocycles. The summed E-state index contributed by atoms with van der Waals surface area (Å²) < 4.78 is 50.3. The minimum absolute atomic E-state index is 0.129. The lowest BCUT2D eigenvalue weighted by Crippen LogP contribution is -2.25. The fraction of sp³-hybridized carbons (Fsp3) is 0.444. The lowest BCUT2D eigenvalue weighted by atomic mass is 10.0. The quantitative estimate of drug-likeness (QED) is 0.474. The summed E-state index contributed by atoms with van der Waals surface area (Å²) in [7, 11) is -2.06. The van der Waals surface area contributed by atoms with Gasteiger partial charge in [-0.15, -0.1) is 0 Å². The number of aliphatic hydroxyl groups excluding tert-OH is 1. The van der Waals surface area contributed by atoms with Gasteiger partial charge in [-0.2, -0.15) is 9.40 Å². The number of rotatable bonds is 6. The number of halogens is 1. The molecule has 198 valence electrons. The van der Waals surface area contributed by atoms with Crippen LogP contribution in [0.5, 0.6) is 5.75 Å². The molecule has 1 aliphatic heterocycles. The molecule has 1 fully saturated rings. The number of methoxy groups -OCH3 is 1. The predicted molar refractivity (Wildman–Crippen MR) is 139 cm³/mol. The Labute approximate surface area is 217 Å². The van der Waals surface area contributed by atoms with E-state index in [-0.39, 0.29) is 29.7 Å². The molecule has 2 atom stereocenters. The first-order valence-corrected chi connectivity index (χ1v) is 13.9. The molecule has 2 aliphatic rings. The Hall–Kier alpha value is -2.95. The lowest BCUT2D eigenvalue weighted by molar-refractivity contribution is 0.181. The van der Waals surface area contributed by atoms with Crippen LogP contribution in [0.4, 0.5) is 15.9 Å². The van der Waals surface area contributed by atoms with Gasteiger partial charge in [-0.1, -0.05) is 12.1 Å². The van der Waals surface area contributed by atoms with Gasteiger partial charge in [0, 0.05) is 24.7 Å². The van der Waals surface area contributed by atoms with Gasteiger partial charge < -0.3 is 15.2 Å². The maximum atomic E-state index is 15.7. The van der Waals surface area contributed by atoms with E-state index < -0.39 is 27.5 Å². The lowest BCUT2D eigenvalue weighted by Gasteiger charge is -2.22. The Morgan fingerprint density at radius 3 is 2.51 bits per heavy atom. The van der Waals surface area contributed by atoms with E-state index in [0.717, 1.165) is 5.56 Å². The third-order valence-electron chi connectivity index (χ3n) is 7.09. The minimum atomic E-state index is -3.64. The Balaban J connectivity index is 1.42. The number of sulfonamides is 1. The minimum Gasteiger partial charge on any atom is -0.497 e. The molecule has 0 amide bonds. The zero-order valence-electron chi connectivity index (χ0n) is 21.5. The van der Waals surface area contributed by atoms with E-state index in [4.69, 9.17) is 4.74 Å². The molecule has 2 heterocycles. The van der Waals surface area contributed by atoms with E-state index >= 15 is 4.39 Å². The van der Waals surface area contributed by atoms with Crippen LogP contribution in [0.2, 0.25) is 0 Å². The Bertz CT molecular complexity index is 1410. The normalized spacial score (nSPS) is 21.2. The molecule has 10 heteroatoms. The molecule has 2 N–H and O–H groups in total. The predicted octanol–water partition coefficient (Wildman–Crippen LogP) is 4.86. The number of anilines is 2. The molecule has 8 nitrogen and oxygen atoms in total. The molecule has 5 rings (SSSR count). The van der Waals surface area contributed by atoms with Crippen LogP contribution in [0.1, 0.15) is 62.8 Å². The smallest absolute Gasteiger partial charge is 0.244 e. The van der Waals surface area contributed by atoms with E-state index in [2.05, 4.69) is 10.4 Å². The molecule has 0 saturated heterocycles. The van der Waals surface area contributed by atoms with Crippen molar-refractivity contribution in [2.75, 3.05) is 12.4 Å². The first-order chi connectivity index (χ1) is 17.5. The summed E-state index contributed by atoms with van der Waals surface area (Å²) in [5, 5.41) is 17.7. The highest BCUT2D eigenvalue weighted by Gasteiger charge is 2.36. The standard InChI is InChI=1S/C27H33FN4O4S/c1-27(2,3)32-26(24(28)25(30-32)18-7-9-21(33)14-18)29-20-8-12-23-19(13-20)16-31(37(23,34)35)15-17-5-10-22(36-4)11-6-17/h5-6,8,10-13,18,21,29,33H,7,9,14-16H2,1-4H3/t18-,21+/m0/s1. The van der Waals surface area contributed by atoms with Crippen molar-refractivity contribution in [1.82, 2.24) is 14.1 Å². The number of fused-ring (bicyclic) bond motifs is 1. The van der Waals surface area contributed by atoms with Gasteiger partial charge in [0.05, 0.1) is 23.6 Å². The van der Waals surface area contributed by atoms with Crippen LogP contribution in [0.25, 0.3) is 0 Å². The number of aromatic nitrogens is 2. The Morgan fingerprint density at radius 2 is 1.89 bits per heavy atom. The van der Waals surface area contributed by atoms with Gasteiger partial charge in [0.25, 0.3) is 0 Å². The highest BCUT2D eigenvalue weighted by molar-refractivity contribution is 7.89. The summed E-state index contributed by atoms with van der Waals surface area (Å²) >= 11 is 0. The number of nitrogens with zero attached hydrogens (tertiary/aromatic N) is 3. The van der Waals surface area contributed by atoms with Crippen molar-refractivity contribution in [3.05, 3.63) is 65.1 Å². The van der Waals surface area contributed by atoms with Crippen molar-refractivity contribution in [3.63, 3.8) is 0 Å². The van der Waals surface area contributed by atoms with Crippen LogP contribution < -0.4 is 10.1 Å². The molecule has 0 spiro atoms. The molecule has 0 bridgehead atoms. The number of nitrogens with one attached hydrogen (secondary N) is 1. The second-order valence-corrected chi connectivity index (χ2v) is 12.8. The van der Waals surface area contributed by atoms with Gasteiger partial charge in [0.1, 0.15) is 11.4 Å². The maximum Gasteiger partial charge on any atom is 0.244 e. The summed E-state index contributed by atoms with van der Waals surface area (Å²) in [6.07, 6.45) is 1.40. The van der Waals surface area contributed by atoms with Gasteiger partial charge in [-0.05, 0) is 81.5 Å². The van der Waals surface area contributed by atoms with Gasteiger partial charge >= 0.3 is 0 Å². The zero-order chi connectivity index (χ0) is 26.5. The molecular weight excluding hydrogens is 495 g/mol. The molecule has 37 heavy (non-hydrogen) atoms. The average molecular weight is 529 g/mol. The Kier molecular flexibility index (Phi) is 6.54. The third kappa shape index (κ3) is 4.85. The summed E-state index contributed by atoms with van der Waals surface area (Å²) in [6.45, 7) is 6.32. The third-order valence-corrected chi connectivity index (χ3v) is 8.98. The number of hydrogen-bond donors (Lipinski definition) is 2. The maximum absolute atomic E-state index is 15.7. The highest BCUT2D eigenvalue weighted by Crippen LogP contribution is 2.40. The van der Waals surface area contributed by atoms with Crippen molar-refractivity contribution in [2.24, 2.45) is 0 Å². The van der Waals surface area contributed by atoms with E-state index in [9.17, 15) is 13.5 Å². The summed E-state index contributed by atoms with van der Waals surface area (Å²) in [6, 6.07) is 12.3. The van der Waals surface area contributed by atoms with Crippen LogP contribution in [0.15, 0.2) is 47.4 Å². The average Bonchev–Trinajstić information content (AvgIpc) is 3.48. The molecule has 0 radical (unpaired) electrons. The molecule has 1 aliphatic carbocycles. The van der Waals surface area contributed by atoms with Gasteiger partial charge in [0.2, 0.25) is 10.0 Å². The van der Waals surface area contributed by atoms with E-state index in [0.29, 0.717) is 42.0 Å². The first-order valence-electron chi connectivity index (χ1n) is 12.5. The van der Waals surface area contributed by atoms with Crippen molar-refractivity contribution in [3.8, 4) is 5.75 Å². The fourth-order valence-corrected chi connectivity index (χ4v) is 6.74. The Morgan fingerprint density at radius 1 is 1.16 bits per heavy atom.